The van der Waals surface area contributed by atoms with Crippen LogP contribution in [0.25, 0.3) is 0 Å². The van der Waals surface area contributed by atoms with Crippen molar-refractivity contribution in [2.24, 2.45) is 11.8 Å². The number of benzene rings is 1. The normalized spacial score (nSPS) is 14.7. The van der Waals surface area contributed by atoms with E-state index in [2.05, 4.69) is 63.3 Å². The third-order valence-electron chi connectivity index (χ3n) is 3.47. The Labute approximate surface area is 113 Å². The van der Waals surface area contributed by atoms with E-state index in [1.807, 2.05) is 0 Å². The van der Waals surface area contributed by atoms with Crippen LogP contribution in [0.3, 0.4) is 0 Å². The van der Waals surface area contributed by atoms with Gasteiger partial charge in [0.1, 0.15) is 0 Å². The monoisotopic (exact) mass is 247 g/mol. The molecule has 0 heterocycles. The van der Waals surface area contributed by atoms with Crippen LogP contribution >= 0.6 is 0 Å². The Hall–Kier alpha value is -0.820. The summed E-state index contributed by atoms with van der Waals surface area (Å²) < 4.78 is 0. The zero-order valence-electron chi connectivity index (χ0n) is 12.4. The maximum atomic E-state index is 3.61. The van der Waals surface area contributed by atoms with E-state index < -0.39 is 0 Å². The van der Waals surface area contributed by atoms with Crippen LogP contribution in [-0.2, 0) is 0 Å². The largest absolute Gasteiger partial charge is 0.310 e. The molecular weight excluding hydrogens is 218 g/mol. The third kappa shape index (κ3) is 5.68. The predicted molar refractivity (Wildman–Crippen MR) is 80.7 cm³/mol. The smallest absolute Gasteiger partial charge is 0.0320 e. The predicted octanol–water partition coefficient (Wildman–Crippen LogP) is 4.80. The lowest BCUT2D eigenvalue weighted by Crippen LogP contribution is -2.21. The van der Waals surface area contributed by atoms with Crippen molar-refractivity contribution in [3.05, 3.63) is 35.9 Å². The highest BCUT2D eigenvalue weighted by molar-refractivity contribution is 5.18. The highest BCUT2D eigenvalue weighted by Crippen LogP contribution is 2.23. The summed E-state index contributed by atoms with van der Waals surface area (Å²) in [6.45, 7) is 10.2. The van der Waals surface area contributed by atoms with Gasteiger partial charge >= 0.3 is 0 Å². The molecule has 0 amide bonds. The molecule has 2 unspecified atom stereocenters. The molecule has 0 aliphatic heterocycles. The zero-order chi connectivity index (χ0) is 13.4. The molecule has 0 radical (unpaired) electrons. The van der Waals surface area contributed by atoms with E-state index >= 15 is 0 Å². The van der Waals surface area contributed by atoms with Gasteiger partial charge in [0, 0.05) is 6.04 Å². The molecule has 0 aliphatic rings. The molecule has 1 N–H and O–H groups in total. The van der Waals surface area contributed by atoms with Gasteiger partial charge in [-0.15, -0.1) is 0 Å². The average molecular weight is 247 g/mol. The summed E-state index contributed by atoms with van der Waals surface area (Å²) in [5.41, 5.74) is 1.43. The SMILES string of the molecule is CCNC(CCC(C)CC(C)C)c1ccccc1. The van der Waals surface area contributed by atoms with Gasteiger partial charge in [-0.3, -0.25) is 0 Å². The fourth-order valence-electron chi connectivity index (χ4n) is 2.69. The Morgan fingerprint density at radius 1 is 1.00 bits per heavy atom. The van der Waals surface area contributed by atoms with Crippen LogP contribution in [0.1, 0.15) is 58.6 Å². The van der Waals surface area contributed by atoms with Crippen LogP contribution in [0.5, 0.6) is 0 Å². The fraction of sp³-hybridized carbons (Fsp3) is 0.647. The molecule has 0 fully saturated rings. The number of nitrogens with one attached hydrogen (secondary N) is 1. The van der Waals surface area contributed by atoms with Gasteiger partial charge < -0.3 is 5.32 Å². The summed E-state index contributed by atoms with van der Waals surface area (Å²) in [5, 5.41) is 3.61. The van der Waals surface area contributed by atoms with Crippen molar-refractivity contribution in [3.63, 3.8) is 0 Å². The minimum atomic E-state index is 0.519. The number of hydrogen-bond donors (Lipinski definition) is 1. The Balaban J connectivity index is 2.48. The minimum absolute atomic E-state index is 0.519. The zero-order valence-corrected chi connectivity index (χ0v) is 12.4. The summed E-state index contributed by atoms with van der Waals surface area (Å²) in [5.74, 6) is 1.64. The maximum absolute atomic E-state index is 3.61. The second-order valence-electron chi connectivity index (χ2n) is 5.83. The van der Waals surface area contributed by atoms with E-state index in [-0.39, 0.29) is 0 Å². The van der Waals surface area contributed by atoms with Gasteiger partial charge in [-0.2, -0.15) is 0 Å². The van der Waals surface area contributed by atoms with Crippen LogP contribution < -0.4 is 5.32 Å². The van der Waals surface area contributed by atoms with E-state index in [0.29, 0.717) is 6.04 Å². The molecule has 0 saturated carbocycles. The second-order valence-corrected chi connectivity index (χ2v) is 5.83. The number of rotatable bonds is 8. The van der Waals surface area contributed by atoms with E-state index in [4.69, 9.17) is 0 Å². The van der Waals surface area contributed by atoms with Gasteiger partial charge in [-0.1, -0.05) is 58.0 Å². The van der Waals surface area contributed by atoms with Crippen molar-refractivity contribution in [1.29, 1.82) is 0 Å². The van der Waals surface area contributed by atoms with Crippen LogP contribution in [0.2, 0.25) is 0 Å². The Morgan fingerprint density at radius 2 is 1.67 bits per heavy atom. The van der Waals surface area contributed by atoms with Crippen LogP contribution in [0, 0.1) is 11.8 Å². The lowest BCUT2D eigenvalue weighted by molar-refractivity contribution is 0.374. The van der Waals surface area contributed by atoms with Crippen molar-refractivity contribution >= 4 is 0 Å². The highest BCUT2D eigenvalue weighted by Gasteiger charge is 2.12. The molecule has 0 aliphatic carbocycles. The van der Waals surface area contributed by atoms with Crippen LogP contribution in [0.15, 0.2) is 30.3 Å². The topological polar surface area (TPSA) is 12.0 Å². The van der Waals surface area contributed by atoms with Gasteiger partial charge in [0.15, 0.2) is 0 Å². The minimum Gasteiger partial charge on any atom is -0.310 e. The molecule has 0 bridgehead atoms. The Morgan fingerprint density at radius 3 is 2.22 bits per heavy atom. The lowest BCUT2D eigenvalue weighted by atomic mass is 9.91. The molecule has 0 aromatic heterocycles. The van der Waals surface area contributed by atoms with Crippen molar-refractivity contribution in [2.45, 2.75) is 53.0 Å². The fourth-order valence-corrected chi connectivity index (χ4v) is 2.69. The summed E-state index contributed by atoms with van der Waals surface area (Å²) in [6, 6.07) is 11.4. The molecule has 1 rings (SSSR count). The van der Waals surface area contributed by atoms with Crippen molar-refractivity contribution in [3.8, 4) is 0 Å². The van der Waals surface area contributed by atoms with Gasteiger partial charge in [-0.25, -0.2) is 0 Å². The van der Waals surface area contributed by atoms with Gasteiger partial charge in [0.05, 0.1) is 0 Å². The van der Waals surface area contributed by atoms with Crippen LogP contribution in [-0.4, -0.2) is 6.54 Å². The summed E-state index contributed by atoms with van der Waals surface area (Å²) in [7, 11) is 0. The summed E-state index contributed by atoms with van der Waals surface area (Å²) in [4.78, 5) is 0. The quantitative estimate of drug-likeness (QED) is 0.696. The number of hydrogen-bond acceptors (Lipinski definition) is 1. The van der Waals surface area contributed by atoms with E-state index in [1.165, 1.54) is 24.8 Å². The Bertz CT molecular complexity index is 305. The molecular formula is C17H29N. The van der Waals surface area contributed by atoms with E-state index in [9.17, 15) is 0 Å². The molecule has 0 spiro atoms. The second kappa shape index (κ2) is 8.31. The molecule has 2 atom stereocenters. The summed E-state index contributed by atoms with van der Waals surface area (Å²) in [6.07, 6.45) is 3.89. The maximum Gasteiger partial charge on any atom is 0.0320 e. The van der Waals surface area contributed by atoms with E-state index in [1.54, 1.807) is 0 Å². The highest BCUT2D eigenvalue weighted by atomic mass is 14.9. The van der Waals surface area contributed by atoms with E-state index in [0.717, 1.165) is 18.4 Å². The van der Waals surface area contributed by atoms with Gasteiger partial charge in [0.25, 0.3) is 0 Å². The lowest BCUT2D eigenvalue weighted by Gasteiger charge is -2.21. The molecule has 1 heteroatoms. The standard InChI is InChI=1S/C17H29N/c1-5-18-17(16-9-7-6-8-10-16)12-11-15(4)13-14(2)3/h6-10,14-15,17-18H,5,11-13H2,1-4H3. The molecule has 1 nitrogen and oxygen atoms in total. The molecule has 18 heavy (non-hydrogen) atoms. The van der Waals surface area contributed by atoms with Crippen molar-refractivity contribution < 1.29 is 0 Å². The molecule has 1 aromatic carbocycles. The van der Waals surface area contributed by atoms with Gasteiger partial charge in [-0.05, 0) is 43.2 Å². The molecule has 0 saturated heterocycles. The Kier molecular flexibility index (Phi) is 7.04. The van der Waals surface area contributed by atoms with Gasteiger partial charge in [0.2, 0.25) is 0 Å². The first kappa shape index (κ1) is 15.2. The summed E-state index contributed by atoms with van der Waals surface area (Å²) >= 11 is 0. The molecule has 1 aromatic rings. The third-order valence-corrected chi connectivity index (χ3v) is 3.47. The molecule has 102 valence electrons. The van der Waals surface area contributed by atoms with Crippen molar-refractivity contribution in [2.75, 3.05) is 6.54 Å². The van der Waals surface area contributed by atoms with Crippen LogP contribution in [0.4, 0.5) is 0 Å². The van der Waals surface area contributed by atoms with Crippen molar-refractivity contribution in [1.82, 2.24) is 5.32 Å². The first-order chi connectivity index (χ1) is 8.63. The first-order valence-corrected chi connectivity index (χ1v) is 7.41. The average Bonchev–Trinajstić information content (AvgIpc) is 2.34. The first-order valence-electron chi connectivity index (χ1n) is 7.41.